The van der Waals surface area contributed by atoms with Gasteiger partial charge >= 0.3 is 0 Å². The highest BCUT2D eigenvalue weighted by atomic mass is 32.2. The van der Waals surface area contributed by atoms with Gasteiger partial charge in [0.15, 0.2) is 0 Å². The average Bonchev–Trinajstić information content (AvgIpc) is 3.19. The van der Waals surface area contributed by atoms with Gasteiger partial charge in [0.2, 0.25) is 10.0 Å². The summed E-state index contributed by atoms with van der Waals surface area (Å²) in [5.41, 5.74) is 0.252. The molecule has 3 rings (SSSR count). The van der Waals surface area contributed by atoms with E-state index in [2.05, 4.69) is 20.0 Å². The van der Waals surface area contributed by atoms with Crippen LogP contribution in [0.4, 0.5) is 0 Å². The van der Waals surface area contributed by atoms with E-state index in [1.54, 1.807) is 12.3 Å². The molecule has 1 amide bonds. The zero-order chi connectivity index (χ0) is 18.4. The molecule has 9 nitrogen and oxygen atoms in total. The van der Waals surface area contributed by atoms with Gasteiger partial charge in [0.1, 0.15) is 5.82 Å². The van der Waals surface area contributed by atoms with E-state index in [0.717, 1.165) is 0 Å². The number of benzene rings is 1. The van der Waals surface area contributed by atoms with E-state index in [1.165, 1.54) is 24.4 Å². The Hall–Kier alpha value is -2.27. The van der Waals surface area contributed by atoms with Gasteiger partial charge in [-0.15, -0.1) is 0 Å². The summed E-state index contributed by atoms with van der Waals surface area (Å²) < 4.78 is 37.9. The summed E-state index contributed by atoms with van der Waals surface area (Å²) in [4.78, 5) is 19.1. The average molecular weight is 380 g/mol. The van der Waals surface area contributed by atoms with Crippen molar-refractivity contribution in [3.05, 3.63) is 48.0 Å². The molecule has 1 saturated heterocycles. The molecule has 1 aromatic carbocycles. The Balaban J connectivity index is 1.61. The van der Waals surface area contributed by atoms with Gasteiger partial charge in [0, 0.05) is 24.5 Å². The summed E-state index contributed by atoms with van der Waals surface area (Å²) in [7, 11) is -3.76. The lowest BCUT2D eigenvalue weighted by Gasteiger charge is -2.23. The van der Waals surface area contributed by atoms with Crippen LogP contribution in [0.1, 0.15) is 16.2 Å². The van der Waals surface area contributed by atoms with Crippen LogP contribution < -0.4 is 10.0 Å². The second-order valence-electron chi connectivity index (χ2n) is 5.67. The first-order valence-corrected chi connectivity index (χ1v) is 9.58. The summed E-state index contributed by atoms with van der Waals surface area (Å²) in [5.74, 6) is 0.124. The van der Waals surface area contributed by atoms with Gasteiger partial charge in [-0.1, -0.05) is 6.07 Å². The minimum atomic E-state index is -3.76. The van der Waals surface area contributed by atoms with Crippen LogP contribution in [0.15, 0.2) is 41.6 Å². The van der Waals surface area contributed by atoms with Crippen molar-refractivity contribution in [3.63, 3.8) is 0 Å². The summed E-state index contributed by atoms with van der Waals surface area (Å²) in [6.45, 7) is 1.80. The van der Waals surface area contributed by atoms with E-state index in [1.807, 2.05) is 0 Å². The fourth-order valence-corrected chi connectivity index (χ4v) is 3.44. The predicted molar refractivity (Wildman–Crippen MR) is 91.9 cm³/mol. The molecule has 26 heavy (non-hydrogen) atoms. The molecule has 2 aromatic rings. The van der Waals surface area contributed by atoms with Crippen LogP contribution in [0.3, 0.4) is 0 Å². The third kappa shape index (κ3) is 4.88. The zero-order valence-corrected chi connectivity index (χ0v) is 14.8. The Morgan fingerprint density at radius 1 is 1.35 bits per heavy atom. The number of carbonyl (C=O) groups is 1. The van der Waals surface area contributed by atoms with Gasteiger partial charge < -0.3 is 19.8 Å². The fraction of sp³-hybridized carbons (Fsp3) is 0.375. The molecule has 0 unspecified atom stereocenters. The SMILES string of the molecule is O=C(NC[C@@H]1COCCO1)c1cccc(S(=O)(=O)NCc2ncc[nH]2)c1. The molecular weight excluding hydrogens is 360 g/mol. The molecule has 3 N–H and O–H groups in total. The number of aromatic nitrogens is 2. The first kappa shape index (κ1) is 18.5. The van der Waals surface area contributed by atoms with Crippen molar-refractivity contribution in [2.45, 2.75) is 17.5 Å². The number of amides is 1. The van der Waals surface area contributed by atoms with E-state index in [4.69, 9.17) is 9.47 Å². The third-order valence-electron chi connectivity index (χ3n) is 3.77. The van der Waals surface area contributed by atoms with Gasteiger partial charge in [-0.2, -0.15) is 0 Å². The number of hydrogen-bond donors (Lipinski definition) is 3. The number of ether oxygens (including phenoxy) is 2. The Labute approximate surface area is 151 Å². The molecule has 1 atom stereocenters. The van der Waals surface area contributed by atoms with Crippen molar-refractivity contribution in [2.24, 2.45) is 0 Å². The third-order valence-corrected chi connectivity index (χ3v) is 5.17. The highest BCUT2D eigenvalue weighted by Gasteiger charge is 2.18. The van der Waals surface area contributed by atoms with Crippen molar-refractivity contribution < 1.29 is 22.7 Å². The van der Waals surface area contributed by atoms with Gasteiger partial charge in [-0.05, 0) is 18.2 Å². The van der Waals surface area contributed by atoms with E-state index in [9.17, 15) is 13.2 Å². The Kier molecular flexibility index (Phi) is 5.99. The molecule has 0 radical (unpaired) electrons. The summed E-state index contributed by atoms with van der Waals surface area (Å²) in [6.07, 6.45) is 2.94. The molecule has 1 fully saturated rings. The zero-order valence-electron chi connectivity index (χ0n) is 14.0. The van der Waals surface area contributed by atoms with Crippen LogP contribution in [0.25, 0.3) is 0 Å². The number of H-pyrrole nitrogens is 1. The molecule has 2 heterocycles. The van der Waals surface area contributed by atoms with Crippen molar-refractivity contribution in [1.82, 2.24) is 20.0 Å². The van der Waals surface area contributed by atoms with Crippen LogP contribution in [0.5, 0.6) is 0 Å². The van der Waals surface area contributed by atoms with E-state index in [0.29, 0.717) is 32.2 Å². The Bertz CT molecular complexity index is 832. The number of nitrogens with zero attached hydrogens (tertiary/aromatic N) is 1. The predicted octanol–water partition coefficient (Wildman–Crippen LogP) is 0.0334. The van der Waals surface area contributed by atoms with Crippen LogP contribution >= 0.6 is 0 Å². The van der Waals surface area contributed by atoms with E-state index in [-0.39, 0.29) is 29.0 Å². The lowest BCUT2D eigenvalue weighted by molar-refractivity contribution is -0.0855. The molecule has 0 spiro atoms. The monoisotopic (exact) mass is 380 g/mol. The molecule has 1 aliphatic rings. The fourth-order valence-electron chi connectivity index (χ4n) is 2.41. The highest BCUT2D eigenvalue weighted by Crippen LogP contribution is 2.12. The van der Waals surface area contributed by atoms with Crippen molar-refractivity contribution in [1.29, 1.82) is 0 Å². The number of nitrogens with one attached hydrogen (secondary N) is 3. The minimum Gasteiger partial charge on any atom is -0.376 e. The van der Waals surface area contributed by atoms with Crippen LogP contribution in [0.2, 0.25) is 0 Å². The molecular formula is C16H20N4O5S. The number of carbonyl (C=O) groups excluding carboxylic acids is 1. The number of sulfonamides is 1. The molecule has 0 aliphatic carbocycles. The van der Waals surface area contributed by atoms with Gasteiger partial charge in [-0.3, -0.25) is 4.79 Å². The second-order valence-corrected chi connectivity index (χ2v) is 7.43. The van der Waals surface area contributed by atoms with Crippen molar-refractivity contribution in [3.8, 4) is 0 Å². The molecule has 1 aliphatic heterocycles. The quantitative estimate of drug-likeness (QED) is 0.623. The number of imidazole rings is 1. The van der Waals surface area contributed by atoms with Crippen LogP contribution in [-0.4, -0.2) is 56.8 Å². The number of aromatic amines is 1. The summed E-state index contributed by atoms with van der Waals surface area (Å²) in [5, 5.41) is 2.73. The Morgan fingerprint density at radius 3 is 2.96 bits per heavy atom. The van der Waals surface area contributed by atoms with E-state index < -0.39 is 10.0 Å². The molecule has 0 saturated carbocycles. The van der Waals surface area contributed by atoms with Gasteiger partial charge in [0.05, 0.1) is 37.4 Å². The maximum absolute atomic E-state index is 12.4. The topological polar surface area (TPSA) is 122 Å². The number of hydrogen-bond acceptors (Lipinski definition) is 6. The van der Waals surface area contributed by atoms with Crippen LogP contribution in [0, 0.1) is 0 Å². The van der Waals surface area contributed by atoms with E-state index >= 15 is 0 Å². The first-order chi connectivity index (χ1) is 12.5. The number of rotatable bonds is 7. The summed E-state index contributed by atoms with van der Waals surface area (Å²) in [6, 6.07) is 5.84. The lowest BCUT2D eigenvalue weighted by Crippen LogP contribution is -2.39. The van der Waals surface area contributed by atoms with Crippen molar-refractivity contribution >= 4 is 15.9 Å². The van der Waals surface area contributed by atoms with Crippen LogP contribution in [-0.2, 0) is 26.0 Å². The normalized spacial score (nSPS) is 17.8. The molecule has 10 heteroatoms. The summed E-state index contributed by atoms with van der Waals surface area (Å²) >= 11 is 0. The maximum Gasteiger partial charge on any atom is 0.251 e. The maximum atomic E-state index is 12.4. The Morgan fingerprint density at radius 2 is 2.23 bits per heavy atom. The standard InChI is InChI=1S/C16H20N4O5S/c21-16(19-9-13-11-24-6-7-25-13)12-2-1-3-14(8-12)26(22,23)20-10-15-17-4-5-18-15/h1-5,8,13,20H,6-7,9-11H2,(H,17,18)(H,19,21)/t13-/m1/s1. The first-order valence-electron chi connectivity index (χ1n) is 8.10. The molecule has 0 bridgehead atoms. The largest absolute Gasteiger partial charge is 0.376 e. The van der Waals surface area contributed by atoms with Gasteiger partial charge in [0.25, 0.3) is 5.91 Å². The van der Waals surface area contributed by atoms with Crippen molar-refractivity contribution in [2.75, 3.05) is 26.4 Å². The second kappa shape index (κ2) is 8.41. The molecule has 140 valence electrons. The van der Waals surface area contributed by atoms with Gasteiger partial charge in [-0.25, -0.2) is 18.1 Å². The lowest BCUT2D eigenvalue weighted by atomic mass is 10.2. The minimum absolute atomic E-state index is 0.00829. The highest BCUT2D eigenvalue weighted by molar-refractivity contribution is 7.89. The smallest absolute Gasteiger partial charge is 0.251 e. The molecule has 1 aromatic heterocycles.